The number of amides is 1. The molecule has 4 rings (SSSR count). The number of ether oxygens (including phenoxy) is 1. The van der Waals surface area contributed by atoms with Crippen LogP contribution in [-0.2, 0) is 11.2 Å². The predicted molar refractivity (Wildman–Crippen MR) is 104 cm³/mol. The molecule has 0 aliphatic heterocycles. The smallest absolute Gasteiger partial charge is 0.387 e. The first kappa shape index (κ1) is 19.0. The number of rotatable bonds is 6. The van der Waals surface area contributed by atoms with Crippen molar-refractivity contribution in [1.29, 1.82) is 0 Å². The predicted octanol–water partition coefficient (Wildman–Crippen LogP) is 4.98. The third kappa shape index (κ3) is 4.40. The van der Waals surface area contributed by atoms with Gasteiger partial charge in [-0.15, -0.1) is 11.3 Å². The molecule has 2 aromatic heterocycles. The van der Waals surface area contributed by atoms with Crippen LogP contribution in [0.1, 0.15) is 5.69 Å². The van der Waals surface area contributed by atoms with Crippen molar-refractivity contribution < 1.29 is 22.7 Å². The van der Waals surface area contributed by atoms with Crippen molar-refractivity contribution in [2.45, 2.75) is 13.0 Å². The Kier molecular flexibility index (Phi) is 5.22. The number of thiazole rings is 1. The van der Waals surface area contributed by atoms with Gasteiger partial charge in [0.05, 0.1) is 12.1 Å². The fourth-order valence-corrected chi connectivity index (χ4v) is 3.68. The zero-order valence-electron chi connectivity index (χ0n) is 14.8. The summed E-state index contributed by atoms with van der Waals surface area (Å²) in [6, 6.07) is 11.7. The Hall–Kier alpha value is -3.33. The molecule has 0 fully saturated rings. The van der Waals surface area contributed by atoms with E-state index in [1.54, 1.807) is 18.3 Å². The Morgan fingerprint density at radius 2 is 1.86 bits per heavy atom. The van der Waals surface area contributed by atoms with E-state index in [4.69, 9.17) is 0 Å². The molecular weight excluding hydrogens is 403 g/mol. The van der Waals surface area contributed by atoms with E-state index in [1.807, 2.05) is 9.78 Å². The van der Waals surface area contributed by atoms with Crippen molar-refractivity contribution >= 4 is 27.9 Å². The van der Waals surface area contributed by atoms with Gasteiger partial charge in [-0.2, -0.15) is 8.78 Å². The highest BCUT2D eigenvalue weighted by Crippen LogP contribution is 2.24. The van der Waals surface area contributed by atoms with Gasteiger partial charge in [0, 0.05) is 28.5 Å². The third-order valence-electron chi connectivity index (χ3n) is 4.13. The second-order valence-corrected chi connectivity index (χ2v) is 6.98. The average molecular weight is 417 g/mol. The largest absolute Gasteiger partial charge is 0.435 e. The minimum Gasteiger partial charge on any atom is -0.435 e. The number of carbonyl (C=O) groups is 1. The molecule has 9 heteroatoms. The lowest BCUT2D eigenvalue weighted by atomic mass is 10.2. The molecule has 0 saturated heterocycles. The quantitative estimate of drug-likeness (QED) is 0.481. The Balaban J connectivity index is 1.46. The molecule has 1 amide bonds. The molecule has 0 aliphatic rings. The summed E-state index contributed by atoms with van der Waals surface area (Å²) in [6.45, 7) is -2.90. The second-order valence-electron chi connectivity index (χ2n) is 6.14. The SMILES string of the molecule is O=C(Cc1csc2nc(-c3ccc(F)cc3)cn12)Nc1ccc(OC(F)F)cc1. The van der Waals surface area contributed by atoms with Crippen molar-refractivity contribution in [3.8, 4) is 17.0 Å². The molecule has 0 radical (unpaired) electrons. The number of benzene rings is 2. The van der Waals surface area contributed by atoms with Gasteiger partial charge in [-0.05, 0) is 48.5 Å². The van der Waals surface area contributed by atoms with E-state index in [0.29, 0.717) is 11.4 Å². The van der Waals surface area contributed by atoms with Gasteiger partial charge in [-0.25, -0.2) is 9.37 Å². The van der Waals surface area contributed by atoms with Crippen LogP contribution in [-0.4, -0.2) is 21.9 Å². The minimum atomic E-state index is -2.90. The number of nitrogens with one attached hydrogen (secondary N) is 1. The van der Waals surface area contributed by atoms with Gasteiger partial charge in [-0.3, -0.25) is 9.20 Å². The number of halogens is 3. The summed E-state index contributed by atoms with van der Waals surface area (Å²) in [4.78, 5) is 17.6. The van der Waals surface area contributed by atoms with Gasteiger partial charge >= 0.3 is 6.61 Å². The standard InChI is InChI=1S/C20H14F3N3O2S/c21-13-3-1-12(2-4-13)17-10-26-15(11-29-20(26)25-17)9-18(27)24-14-5-7-16(8-6-14)28-19(22)23/h1-8,10-11,19H,9H2,(H,24,27). The third-order valence-corrected chi connectivity index (χ3v) is 5.02. The van der Waals surface area contributed by atoms with E-state index in [1.165, 1.54) is 47.7 Å². The van der Waals surface area contributed by atoms with Crippen molar-refractivity contribution in [3.63, 3.8) is 0 Å². The van der Waals surface area contributed by atoms with Gasteiger partial charge < -0.3 is 10.1 Å². The van der Waals surface area contributed by atoms with Crippen molar-refractivity contribution in [2.75, 3.05) is 5.32 Å². The summed E-state index contributed by atoms with van der Waals surface area (Å²) in [5.41, 5.74) is 2.69. The van der Waals surface area contributed by atoms with Crippen LogP contribution in [0.2, 0.25) is 0 Å². The normalized spacial score (nSPS) is 11.2. The molecule has 2 heterocycles. The molecule has 0 spiro atoms. The van der Waals surface area contributed by atoms with Crippen LogP contribution in [0.15, 0.2) is 60.1 Å². The van der Waals surface area contributed by atoms with Crippen molar-refractivity contribution in [2.24, 2.45) is 0 Å². The van der Waals surface area contributed by atoms with Crippen LogP contribution in [0.4, 0.5) is 18.9 Å². The molecule has 0 saturated carbocycles. The average Bonchev–Trinajstić information content (AvgIpc) is 3.26. The molecule has 29 heavy (non-hydrogen) atoms. The number of fused-ring (bicyclic) bond motifs is 1. The lowest BCUT2D eigenvalue weighted by molar-refractivity contribution is -0.115. The van der Waals surface area contributed by atoms with E-state index < -0.39 is 6.61 Å². The van der Waals surface area contributed by atoms with Crippen LogP contribution in [0, 0.1) is 5.82 Å². The van der Waals surface area contributed by atoms with Gasteiger partial charge in [-0.1, -0.05) is 0 Å². The fourth-order valence-electron chi connectivity index (χ4n) is 2.81. The summed E-state index contributed by atoms with van der Waals surface area (Å²) in [7, 11) is 0. The first-order chi connectivity index (χ1) is 14.0. The summed E-state index contributed by atoms with van der Waals surface area (Å²) in [5, 5.41) is 4.56. The Morgan fingerprint density at radius 3 is 2.55 bits per heavy atom. The van der Waals surface area contributed by atoms with Gasteiger partial charge in [0.25, 0.3) is 0 Å². The zero-order valence-corrected chi connectivity index (χ0v) is 15.6. The molecule has 0 atom stereocenters. The van der Waals surface area contributed by atoms with Crippen molar-refractivity contribution in [1.82, 2.24) is 9.38 Å². The summed E-state index contributed by atoms with van der Waals surface area (Å²) >= 11 is 1.40. The highest BCUT2D eigenvalue weighted by molar-refractivity contribution is 7.15. The number of carbonyl (C=O) groups excluding carboxylic acids is 1. The van der Waals surface area contributed by atoms with Gasteiger partial charge in [0.1, 0.15) is 11.6 Å². The Bertz CT molecular complexity index is 1140. The van der Waals surface area contributed by atoms with Gasteiger partial charge in [0.15, 0.2) is 4.96 Å². The molecular formula is C20H14F3N3O2S. The van der Waals surface area contributed by atoms with E-state index in [-0.39, 0.29) is 23.9 Å². The van der Waals surface area contributed by atoms with E-state index >= 15 is 0 Å². The summed E-state index contributed by atoms with van der Waals surface area (Å²) in [5.74, 6) is -0.561. The second kappa shape index (κ2) is 7.96. The first-order valence-electron chi connectivity index (χ1n) is 8.54. The molecule has 2 aromatic carbocycles. The summed E-state index contributed by atoms with van der Waals surface area (Å²) < 4.78 is 43.6. The van der Waals surface area contributed by atoms with Gasteiger partial charge in [0.2, 0.25) is 5.91 Å². The highest BCUT2D eigenvalue weighted by atomic mass is 32.1. The molecule has 1 N–H and O–H groups in total. The molecule has 0 unspecified atom stereocenters. The lowest BCUT2D eigenvalue weighted by Crippen LogP contribution is -2.15. The van der Waals surface area contributed by atoms with E-state index in [0.717, 1.165) is 16.2 Å². The molecule has 0 bridgehead atoms. The van der Waals surface area contributed by atoms with Crippen LogP contribution in [0.3, 0.4) is 0 Å². The maximum atomic E-state index is 13.1. The maximum absolute atomic E-state index is 13.1. The zero-order chi connectivity index (χ0) is 20.4. The topological polar surface area (TPSA) is 55.6 Å². The van der Waals surface area contributed by atoms with Crippen LogP contribution in [0.5, 0.6) is 5.75 Å². The Morgan fingerprint density at radius 1 is 1.14 bits per heavy atom. The number of anilines is 1. The first-order valence-corrected chi connectivity index (χ1v) is 9.42. The molecule has 148 valence electrons. The van der Waals surface area contributed by atoms with Crippen LogP contribution in [0.25, 0.3) is 16.2 Å². The number of imidazole rings is 1. The number of hydrogen-bond acceptors (Lipinski definition) is 4. The fraction of sp³-hybridized carbons (Fsp3) is 0.100. The molecule has 0 aliphatic carbocycles. The van der Waals surface area contributed by atoms with Crippen LogP contribution < -0.4 is 10.1 Å². The monoisotopic (exact) mass is 417 g/mol. The number of aromatic nitrogens is 2. The maximum Gasteiger partial charge on any atom is 0.387 e. The number of hydrogen-bond donors (Lipinski definition) is 1. The van der Waals surface area contributed by atoms with Crippen LogP contribution >= 0.6 is 11.3 Å². The highest BCUT2D eigenvalue weighted by Gasteiger charge is 2.13. The molecule has 5 nitrogen and oxygen atoms in total. The molecule has 4 aromatic rings. The van der Waals surface area contributed by atoms with E-state index in [9.17, 15) is 18.0 Å². The Labute approximate surface area is 167 Å². The van der Waals surface area contributed by atoms with E-state index in [2.05, 4.69) is 15.0 Å². The lowest BCUT2D eigenvalue weighted by Gasteiger charge is -2.07. The minimum absolute atomic E-state index is 0.0179. The summed E-state index contributed by atoms with van der Waals surface area (Å²) in [6.07, 6.45) is 1.91. The van der Waals surface area contributed by atoms with Crippen molar-refractivity contribution in [3.05, 3.63) is 71.6 Å². The number of alkyl halides is 2. The number of nitrogens with zero attached hydrogens (tertiary/aromatic N) is 2.